The van der Waals surface area contributed by atoms with Gasteiger partial charge in [0, 0.05) is 23.3 Å². The number of benzene rings is 1. The molecule has 0 saturated carbocycles. The third-order valence-electron chi connectivity index (χ3n) is 2.76. The Morgan fingerprint density at radius 3 is 2.56 bits per heavy atom. The summed E-state index contributed by atoms with van der Waals surface area (Å²) in [6.07, 6.45) is 0. The largest absolute Gasteiger partial charge is 0.493 e. The van der Waals surface area contributed by atoms with Crippen LogP contribution in [0.25, 0.3) is 0 Å². The molecule has 98 valence electrons. The van der Waals surface area contributed by atoms with E-state index in [1.807, 2.05) is 17.0 Å². The van der Waals surface area contributed by atoms with Gasteiger partial charge in [0.2, 0.25) is 0 Å². The van der Waals surface area contributed by atoms with Crippen molar-refractivity contribution in [3.8, 4) is 11.5 Å². The lowest BCUT2D eigenvalue weighted by atomic mass is 10.2. The van der Waals surface area contributed by atoms with Crippen molar-refractivity contribution in [1.29, 1.82) is 0 Å². The van der Waals surface area contributed by atoms with E-state index in [4.69, 9.17) is 9.47 Å². The minimum absolute atomic E-state index is 0.136. The van der Waals surface area contributed by atoms with Crippen LogP contribution >= 0.6 is 27.7 Å². The van der Waals surface area contributed by atoms with Gasteiger partial charge in [-0.15, -0.1) is 0 Å². The maximum Gasteiger partial charge on any atom is 0.282 e. The molecule has 0 unspecified atom stereocenters. The quantitative estimate of drug-likeness (QED) is 0.849. The molecule has 0 aromatic heterocycles. The standard InChI is InChI=1S/C12H14BrNO3S/c1-16-10-5-8(9(13)6-11(10)17-2)7-14-3-4-18-12(14)15/h5-6H,3-4,7H2,1-2H3. The zero-order valence-electron chi connectivity index (χ0n) is 10.2. The molecule has 1 aliphatic rings. The summed E-state index contributed by atoms with van der Waals surface area (Å²) >= 11 is 4.86. The van der Waals surface area contributed by atoms with Gasteiger partial charge in [0.05, 0.1) is 14.2 Å². The number of carbonyl (C=O) groups is 1. The second kappa shape index (κ2) is 5.84. The third kappa shape index (κ3) is 2.75. The van der Waals surface area contributed by atoms with E-state index in [-0.39, 0.29) is 5.24 Å². The van der Waals surface area contributed by atoms with E-state index >= 15 is 0 Å². The number of carbonyl (C=O) groups excluding carboxylic acids is 1. The Labute approximate surface area is 119 Å². The Balaban J connectivity index is 2.24. The van der Waals surface area contributed by atoms with E-state index in [1.54, 1.807) is 14.2 Å². The summed E-state index contributed by atoms with van der Waals surface area (Å²) in [6, 6.07) is 3.76. The zero-order chi connectivity index (χ0) is 13.1. The minimum atomic E-state index is 0.136. The Kier molecular flexibility index (Phi) is 4.40. The Bertz CT molecular complexity index is 467. The number of nitrogens with zero attached hydrogens (tertiary/aromatic N) is 1. The third-order valence-corrected chi connectivity index (χ3v) is 4.39. The Hall–Kier alpha value is -0.880. The number of thioether (sulfide) groups is 1. The van der Waals surface area contributed by atoms with E-state index in [9.17, 15) is 4.79 Å². The molecule has 18 heavy (non-hydrogen) atoms. The summed E-state index contributed by atoms with van der Waals surface area (Å²) < 4.78 is 11.4. The SMILES string of the molecule is COc1cc(Br)c(CN2CCSC2=O)cc1OC. The number of methoxy groups -OCH3 is 2. The smallest absolute Gasteiger partial charge is 0.282 e. The summed E-state index contributed by atoms with van der Waals surface area (Å²) in [5.74, 6) is 2.22. The second-order valence-electron chi connectivity index (χ2n) is 3.83. The number of rotatable bonds is 4. The van der Waals surface area contributed by atoms with Crippen LogP contribution in [0.5, 0.6) is 11.5 Å². The molecule has 1 aromatic carbocycles. The Morgan fingerprint density at radius 2 is 2.00 bits per heavy atom. The topological polar surface area (TPSA) is 38.8 Å². The highest BCUT2D eigenvalue weighted by Gasteiger charge is 2.22. The predicted molar refractivity (Wildman–Crippen MR) is 75.5 cm³/mol. The molecule has 4 nitrogen and oxygen atoms in total. The van der Waals surface area contributed by atoms with Crippen LogP contribution in [0.1, 0.15) is 5.56 Å². The molecule has 0 bridgehead atoms. The fraction of sp³-hybridized carbons (Fsp3) is 0.417. The fourth-order valence-corrected chi connectivity index (χ4v) is 3.06. The van der Waals surface area contributed by atoms with Crippen molar-refractivity contribution in [2.24, 2.45) is 0 Å². The summed E-state index contributed by atoms with van der Waals surface area (Å²) in [7, 11) is 3.21. The predicted octanol–water partition coefficient (Wildman–Crippen LogP) is 3.14. The lowest BCUT2D eigenvalue weighted by Crippen LogP contribution is -2.22. The molecule has 1 heterocycles. The van der Waals surface area contributed by atoms with Gasteiger partial charge in [0.25, 0.3) is 5.24 Å². The average Bonchev–Trinajstić information content (AvgIpc) is 2.77. The first-order valence-electron chi connectivity index (χ1n) is 5.47. The summed E-state index contributed by atoms with van der Waals surface area (Å²) in [6.45, 7) is 1.39. The lowest BCUT2D eigenvalue weighted by molar-refractivity contribution is 0.227. The van der Waals surface area contributed by atoms with Gasteiger partial charge < -0.3 is 14.4 Å². The lowest BCUT2D eigenvalue weighted by Gasteiger charge is -2.17. The molecule has 1 aromatic rings. The zero-order valence-corrected chi connectivity index (χ0v) is 12.6. The van der Waals surface area contributed by atoms with Crippen molar-refractivity contribution in [2.45, 2.75) is 6.54 Å². The molecular weight excluding hydrogens is 318 g/mol. The number of halogens is 1. The van der Waals surface area contributed by atoms with E-state index in [0.717, 1.165) is 22.3 Å². The molecular formula is C12H14BrNO3S. The first-order valence-corrected chi connectivity index (χ1v) is 7.25. The molecule has 1 saturated heterocycles. The molecule has 2 rings (SSSR count). The van der Waals surface area contributed by atoms with Crippen molar-refractivity contribution >= 4 is 32.9 Å². The molecule has 0 radical (unpaired) electrons. The van der Waals surface area contributed by atoms with E-state index in [1.165, 1.54) is 11.8 Å². The highest BCUT2D eigenvalue weighted by atomic mass is 79.9. The number of amides is 1. The Morgan fingerprint density at radius 1 is 1.33 bits per heavy atom. The van der Waals surface area contributed by atoms with Gasteiger partial charge in [0.1, 0.15) is 0 Å². The van der Waals surface area contributed by atoms with Gasteiger partial charge in [-0.05, 0) is 17.7 Å². The summed E-state index contributed by atoms with van der Waals surface area (Å²) in [5.41, 5.74) is 1.02. The molecule has 0 spiro atoms. The van der Waals surface area contributed by atoms with Crippen LogP contribution in [-0.4, -0.2) is 36.7 Å². The van der Waals surface area contributed by atoms with Crippen LogP contribution in [0.4, 0.5) is 4.79 Å². The maximum atomic E-state index is 11.6. The molecule has 0 atom stereocenters. The maximum absolute atomic E-state index is 11.6. The normalized spacial score (nSPS) is 15.1. The van der Waals surface area contributed by atoms with E-state index in [0.29, 0.717) is 18.0 Å². The summed E-state index contributed by atoms with van der Waals surface area (Å²) in [5, 5.41) is 0.136. The fourth-order valence-electron chi connectivity index (χ4n) is 1.79. The van der Waals surface area contributed by atoms with Gasteiger partial charge in [0.15, 0.2) is 11.5 Å². The van der Waals surface area contributed by atoms with Crippen LogP contribution < -0.4 is 9.47 Å². The number of hydrogen-bond acceptors (Lipinski definition) is 4. The highest BCUT2D eigenvalue weighted by Crippen LogP contribution is 2.34. The first-order chi connectivity index (χ1) is 8.65. The molecule has 6 heteroatoms. The van der Waals surface area contributed by atoms with Crippen LogP contribution in [0.3, 0.4) is 0 Å². The van der Waals surface area contributed by atoms with Crippen molar-refractivity contribution < 1.29 is 14.3 Å². The van der Waals surface area contributed by atoms with Crippen molar-refractivity contribution in [3.05, 3.63) is 22.2 Å². The van der Waals surface area contributed by atoms with Crippen molar-refractivity contribution in [1.82, 2.24) is 4.90 Å². The summed E-state index contributed by atoms with van der Waals surface area (Å²) in [4.78, 5) is 13.4. The van der Waals surface area contributed by atoms with Crippen LogP contribution in [0.15, 0.2) is 16.6 Å². The van der Waals surface area contributed by atoms with Crippen molar-refractivity contribution in [3.63, 3.8) is 0 Å². The average molecular weight is 332 g/mol. The molecule has 0 N–H and O–H groups in total. The molecule has 1 amide bonds. The van der Waals surface area contributed by atoms with E-state index in [2.05, 4.69) is 15.9 Å². The number of hydrogen-bond donors (Lipinski definition) is 0. The molecule has 1 fully saturated rings. The second-order valence-corrected chi connectivity index (χ2v) is 5.74. The molecule has 0 aliphatic carbocycles. The van der Waals surface area contributed by atoms with Gasteiger partial charge in [-0.2, -0.15) is 0 Å². The molecule has 1 aliphatic heterocycles. The van der Waals surface area contributed by atoms with Gasteiger partial charge >= 0.3 is 0 Å². The van der Waals surface area contributed by atoms with Gasteiger partial charge in [-0.25, -0.2) is 0 Å². The van der Waals surface area contributed by atoms with Crippen LogP contribution in [-0.2, 0) is 6.54 Å². The van der Waals surface area contributed by atoms with Crippen molar-refractivity contribution in [2.75, 3.05) is 26.5 Å². The van der Waals surface area contributed by atoms with Crippen LogP contribution in [0, 0.1) is 0 Å². The van der Waals surface area contributed by atoms with Gasteiger partial charge in [-0.3, -0.25) is 4.79 Å². The monoisotopic (exact) mass is 331 g/mol. The van der Waals surface area contributed by atoms with Crippen LogP contribution in [0.2, 0.25) is 0 Å². The minimum Gasteiger partial charge on any atom is -0.493 e. The van der Waals surface area contributed by atoms with Gasteiger partial charge in [-0.1, -0.05) is 27.7 Å². The van der Waals surface area contributed by atoms with E-state index < -0.39 is 0 Å². The number of ether oxygens (including phenoxy) is 2. The first kappa shape index (κ1) is 13.5. The highest BCUT2D eigenvalue weighted by molar-refractivity contribution is 9.10.